The molecule has 7 nitrogen and oxygen atoms in total. The van der Waals surface area contributed by atoms with E-state index in [0.29, 0.717) is 17.8 Å². The Morgan fingerprint density at radius 3 is 2.53 bits per heavy atom. The Labute approximate surface area is 178 Å². The molecule has 4 rings (SSSR count). The van der Waals surface area contributed by atoms with Gasteiger partial charge in [-0.15, -0.1) is 0 Å². The molecule has 2 aliphatic rings. The van der Waals surface area contributed by atoms with Crippen LogP contribution in [-0.2, 0) is 4.79 Å². The number of aromatic hydroxyl groups is 1. The van der Waals surface area contributed by atoms with E-state index >= 15 is 0 Å². The van der Waals surface area contributed by atoms with Crippen LogP contribution in [0.1, 0.15) is 23.7 Å². The minimum absolute atomic E-state index is 0.0583. The van der Waals surface area contributed by atoms with Gasteiger partial charge in [-0.25, -0.2) is 0 Å². The van der Waals surface area contributed by atoms with Crippen LogP contribution in [-0.4, -0.2) is 36.5 Å². The largest absolute Gasteiger partial charge is 0.506 e. The number of anilines is 1. The molecule has 2 aromatic rings. The third-order valence-electron chi connectivity index (χ3n) is 5.51. The zero-order valence-corrected chi connectivity index (χ0v) is 17.4. The van der Waals surface area contributed by atoms with E-state index in [0.717, 1.165) is 0 Å². The number of benzene rings is 2. The summed E-state index contributed by atoms with van der Waals surface area (Å²) in [7, 11) is 2.86. The minimum Gasteiger partial charge on any atom is -0.506 e. The number of rotatable bonds is 4. The Morgan fingerprint density at radius 1 is 1.20 bits per heavy atom. The first-order valence-corrected chi connectivity index (χ1v) is 9.69. The normalized spacial score (nSPS) is 22.4. The van der Waals surface area contributed by atoms with Crippen LogP contribution in [0.3, 0.4) is 0 Å². The fourth-order valence-electron chi connectivity index (χ4n) is 3.97. The van der Waals surface area contributed by atoms with Crippen LogP contribution in [0.2, 0.25) is 5.02 Å². The van der Waals surface area contributed by atoms with Crippen LogP contribution < -0.4 is 19.5 Å². The summed E-state index contributed by atoms with van der Waals surface area (Å²) in [6.45, 7) is 1.76. The number of hydrogen-bond donors (Lipinski definition) is 2. The van der Waals surface area contributed by atoms with E-state index < -0.39 is 23.1 Å². The van der Waals surface area contributed by atoms with Crippen molar-refractivity contribution in [2.75, 3.05) is 19.5 Å². The van der Waals surface area contributed by atoms with Crippen molar-refractivity contribution in [2.45, 2.75) is 18.9 Å². The highest BCUT2D eigenvalue weighted by atomic mass is 35.5. The monoisotopic (exact) mass is 429 g/mol. The molecule has 8 heteroatoms. The number of fused-ring (bicyclic) bond motifs is 1. The van der Waals surface area contributed by atoms with E-state index in [2.05, 4.69) is 5.32 Å². The molecular formula is C22H20ClNO6. The fourth-order valence-corrected chi connectivity index (χ4v) is 4.23. The Kier molecular flexibility index (Phi) is 4.86. The van der Waals surface area contributed by atoms with Crippen molar-refractivity contribution in [1.82, 2.24) is 0 Å². The highest BCUT2D eigenvalue weighted by molar-refractivity contribution is 6.36. The molecule has 30 heavy (non-hydrogen) atoms. The average molecular weight is 430 g/mol. The maximum atomic E-state index is 13.4. The Hall–Kier alpha value is -3.19. The summed E-state index contributed by atoms with van der Waals surface area (Å²) in [6.07, 6.45) is 1.69. The van der Waals surface area contributed by atoms with E-state index in [4.69, 9.17) is 25.8 Å². The Morgan fingerprint density at radius 2 is 1.90 bits per heavy atom. The second kappa shape index (κ2) is 7.25. The maximum Gasteiger partial charge on any atom is 0.236 e. The number of allylic oxidation sites excluding steroid dienone is 1. The second-order valence-corrected chi connectivity index (χ2v) is 7.63. The zero-order valence-electron chi connectivity index (χ0n) is 16.6. The fraction of sp³-hybridized carbons (Fsp3) is 0.273. The van der Waals surface area contributed by atoms with Crippen LogP contribution in [0.15, 0.2) is 42.1 Å². The number of hydrogen-bond acceptors (Lipinski definition) is 7. The molecule has 0 radical (unpaired) electrons. The van der Waals surface area contributed by atoms with E-state index in [1.807, 2.05) is 0 Å². The number of para-hydroxylation sites is 2. The number of ketones is 2. The lowest BCUT2D eigenvalue weighted by Gasteiger charge is -2.35. The van der Waals surface area contributed by atoms with E-state index in [1.165, 1.54) is 26.4 Å². The van der Waals surface area contributed by atoms with E-state index in [1.54, 1.807) is 31.2 Å². The highest BCUT2D eigenvalue weighted by Crippen LogP contribution is 2.53. The lowest BCUT2D eigenvalue weighted by Crippen LogP contribution is -2.55. The summed E-state index contributed by atoms with van der Waals surface area (Å²) in [5, 5.41) is 13.2. The van der Waals surface area contributed by atoms with Gasteiger partial charge in [-0.1, -0.05) is 30.7 Å². The van der Waals surface area contributed by atoms with Crippen molar-refractivity contribution < 1.29 is 28.9 Å². The van der Waals surface area contributed by atoms with Gasteiger partial charge in [0.25, 0.3) is 0 Å². The SMILES string of the molecule is COc1cc(OC)c2c(c1Cl)OC1(C(=O)C=C(Nc3ccccc3O)CC1C)C2=O. The van der Waals surface area contributed by atoms with Crippen LogP contribution in [0.4, 0.5) is 5.69 Å². The number of carbonyl (C=O) groups is 2. The van der Waals surface area contributed by atoms with Crippen molar-refractivity contribution in [3.8, 4) is 23.0 Å². The molecule has 2 aromatic carbocycles. The van der Waals surface area contributed by atoms with E-state index in [9.17, 15) is 14.7 Å². The number of phenols is 1. The number of halogens is 1. The standard InChI is InChI=1S/C22H20ClNO6/c1-11-8-12(24-13-6-4-5-7-14(13)25)9-17(26)22(11)21(27)18-15(28-2)10-16(29-3)19(23)20(18)30-22/h4-7,9-11,24-25H,8H2,1-3H3. The first kappa shape index (κ1) is 20.1. The smallest absolute Gasteiger partial charge is 0.236 e. The average Bonchev–Trinajstić information content (AvgIpc) is 3.04. The predicted molar refractivity (Wildman–Crippen MR) is 111 cm³/mol. The predicted octanol–water partition coefficient (Wildman–Crippen LogP) is 3.98. The van der Waals surface area contributed by atoms with Gasteiger partial charge in [0, 0.05) is 23.8 Å². The molecule has 1 aliphatic heterocycles. The first-order chi connectivity index (χ1) is 14.3. The molecule has 1 spiro atoms. The molecule has 2 atom stereocenters. The van der Waals surface area contributed by atoms with Gasteiger partial charge in [0.15, 0.2) is 5.75 Å². The third-order valence-corrected chi connectivity index (χ3v) is 5.87. The highest BCUT2D eigenvalue weighted by Gasteiger charge is 2.60. The van der Waals surface area contributed by atoms with Gasteiger partial charge >= 0.3 is 0 Å². The Bertz CT molecular complexity index is 1100. The number of nitrogens with one attached hydrogen (secondary N) is 1. The summed E-state index contributed by atoms with van der Waals surface area (Å²) in [5.74, 6) is -0.839. The number of phenolic OH excluding ortho intramolecular Hbond substituents is 1. The number of carbonyl (C=O) groups excluding carboxylic acids is 2. The van der Waals surface area contributed by atoms with Crippen LogP contribution >= 0.6 is 11.6 Å². The molecule has 0 aromatic heterocycles. The number of methoxy groups -OCH3 is 2. The minimum atomic E-state index is -1.73. The van der Waals surface area contributed by atoms with Gasteiger partial charge in [-0.2, -0.15) is 0 Å². The van der Waals surface area contributed by atoms with Gasteiger partial charge in [-0.3, -0.25) is 9.59 Å². The lowest BCUT2D eigenvalue weighted by molar-refractivity contribution is -0.129. The summed E-state index contributed by atoms with van der Waals surface area (Å²) in [5.41, 5.74) is -0.553. The summed E-state index contributed by atoms with van der Waals surface area (Å²) in [6, 6.07) is 8.20. The molecule has 0 saturated heterocycles. The molecular weight excluding hydrogens is 410 g/mol. The van der Waals surface area contributed by atoms with E-state index in [-0.39, 0.29) is 33.6 Å². The lowest BCUT2D eigenvalue weighted by atomic mass is 9.74. The summed E-state index contributed by atoms with van der Waals surface area (Å²) in [4.78, 5) is 26.6. The molecule has 0 amide bonds. The van der Waals surface area contributed by atoms with Crippen LogP contribution in [0.25, 0.3) is 0 Å². The summed E-state index contributed by atoms with van der Waals surface area (Å²) >= 11 is 6.38. The van der Waals surface area contributed by atoms with Crippen LogP contribution in [0.5, 0.6) is 23.0 Å². The molecule has 0 saturated carbocycles. The molecule has 1 aliphatic carbocycles. The Balaban J connectivity index is 1.74. The van der Waals surface area contributed by atoms with Gasteiger partial charge < -0.3 is 24.6 Å². The molecule has 2 unspecified atom stereocenters. The number of ether oxygens (including phenoxy) is 3. The zero-order chi connectivity index (χ0) is 21.6. The topological polar surface area (TPSA) is 94.1 Å². The summed E-state index contributed by atoms with van der Waals surface area (Å²) < 4.78 is 16.6. The quantitative estimate of drug-likeness (QED) is 0.560. The molecule has 0 fully saturated rings. The van der Waals surface area contributed by atoms with Crippen molar-refractivity contribution in [1.29, 1.82) is 0 Å². The molecule has 0 bridgehead atoms. The van der Waals surface area contributed by atoms with Gasteiger partial charge in [0.1, 0.15) is 27.8 Å². The van der Waals surface area contributed by atoms with Crippen molar-refractivity contribution in [3.05, 3.63) is 52.7 Å². The number of Topliss-reactive ketones (excluding diaryl/α,β-unsaturated/α-hetero) is 1. The van der Waals surface area contributed by atoms with Gasteiger partial charge in [0.2, 0.25) is 17.2 Å². The third kappa shape index (κ3) is 2.81. The molecule has 156 valence electrons. The van der Waals surface area contributed by atoms with Gasteiger partial charge in [-0.05, 0) is 18.6 Å². The van der Waals surface area contributed by atoms with Gasteiger partial charge in [0.05, 0.1) is 19.9 Å². The van der Waals surface area contributed by atoms with Crippen molar-refractivity contribution >= 4 is 28.9 Å². The van der Waals surface area contributed by atoms with Crippen LogP contribution in [0, 0.1) is 5.92 Å². The van der Waals surface area contributed by atoms with Crippen molar-refractivity contribution in [2.24, 2.45) is 5.92 Å². The second-order valence-electron chi connectivity index (χ2n) is 7.25. The first-order valence-electron chi connectivity index (χ1n) is 9.31. The molecule has 2 N–H and O–H groups in total. The maximum absolute atomic E-state index is 13.4. The van der Waals surface area contributed by atoms with Crippen molar-refractivity contribution in [3.63, 3.8) is 0 Å². The molecule has 1 heterocycles.